The summed E-state index contributed by atoms with van der Waals surface area (Å²) in [6, 6.07) is 0.426. The Morgan fingerprint density at radius 1 is 1.28 bits per heavy atom. The summed E-state index contributed by atoms with van der Waals surface area (Å²) in [7, 11) is 2.77. The third-order valence-electron chi connectivity index (χ3n) is 2.31. The summed E-state index contributed by atoms with van der Waals surface area (Å²) >= 11 is 0. The van der Waals surface area contributed by atoms with E-state index >= 15 is 0 Å². The van der Waals surface area contributed by atoms with E-state index < -0.39 is 29.6 Å². The molecule has 0 aliphatic carbocycles. The zero-order valence-electron chi connectivity index (χ0n) is 9.62. The number of carboxylic acids is 1. The van der Waals surface area contributed by atoms with Crippen molar-refractivity contribution in [3.63, 3.8) is 0 Å². The molecular weight excluding hydrogens is 254 g/mol. The first-order valence-corrected chi connectivity index (χ1v) is 4.90. The predicted molar refractivity (Wildman–Crippen MR) is 55.5 cm³/mol. The first-order valence-electron chi connectivity index (χ1n) is 4.90. The van der Waals surface area contributed by atoms with Crippen molar-refractivity contribution in [1.82, 2.24) is 4.90 Å². The van der Waals surface area contributed by atoms with Crippen LogP contribution in [0.25, 0.3) is 0 Å². The summed E-state index contributed by atoms with van der Waals surface area (Å²) in [4.78, 5) is 12.2. The van der Waals surface area contributed by atoms with Crippen LogP contribution in [0.4, 0.5) is 17.6 Å². The lowest BCUT2D eigenvalue weighted by Gasteiger charge is -2.21. The average Bonchev–Trinajstić information content (AvgIpc) is 2.13. The number of alkyl halides is 3. The van der Waals surface area contributed by atoms with Gasteiger partial charge in [-0.2, -0.15) is 13.2 Å². The van der Waals surface area contributed by atoms with Crippen LogP contribution < -0.4 is 0 Å². The summed E-state index contributed by atoms with van der Waals surface area (Å²) in [6.45, 7) is 0. The second kappa shape index (κ2) is 4.93. The highest BCUT2D eigenvalue weighted by Gasteiger charge is 2.33. The van der Waals surface area contributed by atoms with Gasteiger partial charge in [-0.05, 0) is 37.9 Å². The number of nitrogens with zero attached hydrogens (tertiary/aromatic N) is 1. The van der Waals surface area contributed by atoms with Crippen molar-refractivity contribution in [3.05, 3.63) is 35.1 Å². The molecule has 3 nitrogen and oxygen atoms in total. The van der Waals surface area contributed by atoms with Crippen LogP contribution >= 0.6 is 0 Å². The van der Waals surface area contributed by atoms with E-state index in [1.807, 2.05) is 0 Å². The molecule has 0 spiro atoms. The van der Waals surface area contributed by atoms with Gasteiger partial charge in [0, 0.05) is 0 Å². The van der Waals surface area contributed by atoms with Crippen molar-refractivity contribution < 1.29 is 27.5 Å². The lowest BCUT2D eigenvalue weighted by Crippen LogP contribution is -2.27. The number of hydrogen-bond acceptors (Lipinski definition) is 2. The van der Waals surface area contributed by atoms with Crippen molar-refractivity contribution in [2.24, 2.45) is 0 Å². The van der Waals surface area contributed by atoms with E-state index in [2.05, 4.69) is 0 Å². The average molecular weight is 265 g/mol. The summed E-state index contributed by atoms with van der Waals surface area (Å²) < 4.78 is 50.6. The number of hydrogen-bond donors (Lipinski definition) is 1. The normalized spacial score (nSPS) is 13.7. The number of likely N-dealkylation sites (N-methyl/N-ethyl adjacent to an activating group) is 1. The molecule has 1 aromatic carbocycles. The Morgan fingerprint density at radius 3 is 2.22 bits per heavy atom. The number of benzene rings is 1. The van der Waals surface area contributed by atoms with Crippen LogP contribution in [0.3, 0.4) is 0 Å². The number of aliphatic carboxylic acids is 1. The molecule has 0 aromatic heterocycles. The van der Waals surface area contributed by atoms with Crippen molar-refractivity contribution >= 4 is 5.97 Å². The van der Waals surface area contributed by atoms with Gasteiger partial charge in [0.25, 0.3) is 0 Å². The van der Waals surface area contributed by atoms with E-state index in [1.165, 1.54) is 19.0 Å². The Labute approximate surface area is 101 Å². The fourth-order valence-corrected chi connectivity index (χ4v) is 1.60. The van der Waals surface area contributed by atoms with E-state index in [0.29, 0.717) is 12.1 Å². The molecule has 0 radical (unpaired) electrons. The lowest BCUT2D eigenvalue weighted by molar-refractivity contribution is -0.143. The van der Waals surface area contributed by atoms with Gasteiger partial charge in [0.1, 0.15) is 11.9 Å². The molecule has 0 fully saturated rings. The molecule has 7 heteroatoms. The van der Waals surface area contributed by atoms with E-state index in [-0.39, 0.29) is 5.56 Å². The molecule has 0 heterocycles. The zero-order chi connectivity index (χ0) is 14.1. The molecule has 18 heavy (non-hydrogen) atoms. The fraction of sp³-hybridized carbons (Fsp3) is 0.364. The molecular formula is C11H11F4NO2. The topological polar surface area (TPSA) is 40.5 Å². The number of carbonyl (C=O) groups is 1. The molecule has 0 saturated carbocycles. The molecule has 1 rings (SSSR count). The molecule has 0 amide bonds. The Balaban J connectivity index is 3.32. The molecule has 1 atom stereocenters. The zero-order valence-corrected chi connectivity index (χ0v) is 9.62. The van der Waals surface area contributed by atoms with Gasteiger partial charge in [0.2, 0.25) is 0 Å². The van der Waals surface area contributed by atoms with Crippen molar-refractivity contribution in [2.75, 3.05) is 14.1 Å². The van der Waals surface area contributed by atoms with E-state index in [9.17, 15) is 22.4 Å². The van der Waals surface area contributed by atoms with Crippen LogP contribution in [-0.2, 0) is 11.0 Å². The van der Waals surface area contributed by atoms with Gasteiger partial charge in [-0.25, -0.2) is 4.39 Å². The Kier molecular flexibility index (Phi) is 3.95. The maximum absolute atomic E-state index is 13.1. The molecule has 100 valence electrons. The minimum absolute atomic E-state index is 0.250. The number of carboxylic acid groups (broad SMARTS) is 1. The standard InChI is InChI=1S/C11H11F4NO2/c1-16(2)9(10(17)18)6-3-7(11(13,14)15)5-8(12)4-6/h3-5,9H,1-2H3,(H,17,18). The van der Waals surface area contributed by atoms with E-state index in [4.69, 9.17) is 5.11 Å². The second-order valence-electron chi connectivity index (χ2n) is 3.98. The fourth-order valence-electron chi connectivity index (χ4n) is 1.60. The van der Waals surface area contributed by atoms with Crippen LogP contribution in [-0.4, -0.2) is 30.1 Å². The van der Waals surface area contributed by atoms with Crippen molar-refractivity contribution in [2.45, 2.75) is 12.2 Å². The summed E-state index contributed by atoms with van der Waals surface area (Å²) in [5.74, 6) is -2.47. The molecule has 1 unspecified atom stereocenters. The van der Waals surface area contributed by atoms with Gasteiger partial charge in [-0.3, -0.25) is 9.69 Å². The maximum atomic E-state index is 13.1. The quantitative estimate of drug-likeness (QED) is 0.854. The second-order valence-corrected chi connectivity index (χ2v) is 3.98. The summed E-state index contributed by atoms with van der Waals surface area (Å²) in [5.41, 5.74) is -1.45. The minimum atomic E-state index is -4.72. The largest absolute Gasteiger partial charge is 0.480 e. The predicted octanol–water partition coefficient (Wildman–Crippen LogP) is 2.53. The molecule has 0 bridgehead atoms. The van der Waals surface area contributed by atoms with Crippen LogP contribution in [0.2, 0.25) is 0 Å². The summed E-state index contributed by atoms with van der Waals surface area (Å²) in [6.07, 6.45) is -4.72. The van der Waals surface area contributed by atoms with E-state index in [1.54, 1.807) is 0 Å². The van der Waals surface area contributed by atoms with Crippen LogP contribution in [0.5, 0.6) is 0 Å². The van der Waals surface area contributed by atoms with Gasteiger partial charge in [-0.1, -0.05) is 0 Å². The third-order valence-corrected chi connectivity index (χ3v) is 2.31. The smallest absolute Gasteiger partial charge is 0.416 e. The first-order chi connectivity index (χ1) is 8.12. The van der Waals surface area contributed by atoms with Crippen LogP contribution in [0.15, 0.2) is 18.2 Å². The number of halogens is 4. The highest BCUT2D eigenvalue weighted by atomic mass is 19.4. The minimum Gasteiger partial charge on any atom is -0.480 e. The van der Waals surface area contributed by atoms with Crippen LogP contribution in [0, 0.1) is 5.82 Å². The molecule has 0 saturated heterocycles. The van der Waals surface area contributed by atoms with Gasteiger partial charge in [-0.15, -0.1) is 0 Å². The van der Waals surface area contributed by atoms with E-state index in [0.717, 1.165) is 6.07 Å². The third kappa shape index (κ3) is 3.19. The highest BCUT2D eigenvalue weighted by molar-refractivity contribution is 5.75. The Bertz CT molecular complexity index is 457. The molecule has 0 aliphatic heterocycles. The highest BCUT2D eigenvalue weighted by Crippen LogP contribution is 2.32. The van der Waals surface area contributed by atoms with Crippen molar-refractivity contribution in [3.8, 4) is 0 Å². The van der Waals surface area contributed by atoms with Gasteiger partial charge >= 0.3 is 12.1 Å². The molecule has 0 aliphatic rings. The SMILES string of the molecule is CN(C)C(C(=O)O)c1cc(F)cc(C(F)(F)F)c1. The lowest BCUT2D eigenvalue weighted by atomic mass is 10.0. The maximum Gasteiger partial charge on any atom is 0.416 e. The summed E-state index contributed by atoms with van der Waals surface area (Å²) in [5, 5.41) is 8.94. The van der Waals surface area contributed by atoms with Crippen LogP contribution in [0.1, 0.15) is 17.2 Å². The number of rotatable bonds is 3. The monoisotopic (exact) mass is 265 g/mol. The van der Waals surface area contributed by atoms with Gasteiger partial charge < -0.3 is 5.11 Å². The molecule has 1 N–H and O–H groups in total. The van der Waals surface area contributed by atoms with Crippen molar-refractivity contribution in [1.29, 1.82) is 0 Å². The van der Waals surface area contributed by atoms with Gasteiger partial charge in [0.15, 0.2) is 0 Å². The molecule has 1 aromatic rings. The Hall–Kier alpha value is -1.63. The first kappa shape index (κ1) is 14.4. The Morgan fingerprint density at radius 2 is 1.83 bits per heavy atom. The van der Waals surface area contributed by atoms with Gasteiger partial charge in [0.05, 0.1) is 5.56 Å².